The van der Waals surface area contributed by atoms with Crippen molar-refractivity contribution in [2.45, 2.75) is 270 Å². The molecule has 0 aliphatic carbocycles. The SMILES string of the molecule is CCCCCCCC/C=C/CC/C=C/C(O)C(CO)NC(=O)CC(O)CCCCCCCCCCCCCC/C=C\CCCCCCCCCCCCCC. The number of nitrogens with one attached hydrogen (secondary N) is 1. The number of unbranched alkanes of at least 4 members (excludes halogenated alkanes) is 31. The predicted molar refractivity (Wildman–Crippen MR) is 241 cm³/mol. The van der Waals surface area contributed by atoms with Gasteiger partial charge in [-0.25, -0.2) is 0 Å². The third-order valence-corrected chi connectivity index (χ3v) is 11.1. The number of carbonyl (C=O) groups excluding carboxylic acids is 1. The predicted octanol–water partition coefficient (Wildman–Crippen LogP) is 14.3. The van der Waals surface area contributed by atoms with E-state index in [4.69, 9.17) is 0 Å². The maximum Gasteiger partial charge on any atom is 0.222 e. The van der Waals surface area contributed by atoms with E-state index in [-0.39, 0.29) is 18.9 Å². The first-order valence-corrected chi connectivity index (χ1v) is 24.3. The lowest BCUT2D eigenvalue weighted by atomic mass is 10.0. The van der Waals surface area contributed by atoms with Gasteiger partial charge in [-0.3, -0.25) is 4.79 Å². The van der Waals surface area contributed by atoms with Crippen LogP contribution in [0.5, 0.6) is 0 Å². The van der Waals surface area contributed by atoms with Gasteiger partial charge in [0.1, 0.15) is 0 Å². The van der Waals surface area contributed by atoms with Crippen molar-refractivity contribution in [3.63, 3.8) is 0 Å². The van der Waals surface area contributed by atoms with Crippen molar-refractivity contribution in [1.82, 2.24) is 5.32 Å². The Bertz CT molecular complexity index is 855. The Labute approximate surface area is 343 Å². The van der Waals surface area contributed by atoms with E-state index >= 15 is 0 Å². The van der Waals surface area contributed by atoms with Crippen LogP contribution in [-0.2, 0) is 4.79 Å². The Morgan fingerprint density at radius 2 is 0.782 bits per heavy atom. The molecule has 4 N–H and O–H groups in total. The maximum absolute atomic E-state index is 12.4. The highest BCUT2D eigenvalue weighted by Gasteiger charge is 2.20. The molecule has 0 rings (SSSR count). The highest BCUT2D eigenvalue weighted by atomic mass is 16.3. The first-order valence-electron chi connectivity index (χ1n) is 24.3. The van der Waals surface area contributed by atoms with Crippen LogP contribution < -0.4 is 5.32 Å². The average Bonchev–Trinajstić information content (AvgIpc) is 3.18. The summed E-state index contributed by atoms with van der Waals surface area (Å²) in [5, 5.41) is 33.2. The van der Waals surface area contributed by atoms with Gasteiger partial charge in [0.25, 0.3) is 0 Å². The van der Waals surface area contributed by atoms with Gasteiger partial charge in [0, 0.05) is 0 Å². The molecule has 3 atom stereocenters. The number of amides is 1. The zero-order valence-electron chi connectivity index (χ0n) is 36.8. The fourth-order valence-electron chi connectivity index (χ4n) is 7.41. The lowest BCUT2D eigenvalue weighted by molar-refractivity contribution is -0.124. The third kappa shape index (κ3) is 42.0. The summed E-state index contributed by atoms with van der Waals surface area (Å²) in [6.07, 6.45) is 57.4. The van der Waals surface area contributed by atoms with Gasteiger partial charge in [-0.2, -0.15) is 0 Å². The molecular weight excluding hydrogens is 679 g/mol. The van der Waals surface area contributed by atoms with E-state index in [1.54, 1.807) is 6.08 Å². The molecule has 324 valence electrons. The van der Waals surface area contributed by atoms with Crippen molar-refractivity contribution in [3.05, 3.63) is 36.5 Å². The molecule has 5 heteroatoms. The van der Waals surface area contributed by atoms with E-state index in [1.807, 2.05) is 6.08 Å². The molecule has 1 amide bonds. The standard InChI is InChI=1S/C50H95NO4/c1-3-5-7-9-11-13-15-17-18-19-20-21-22-23-24-25-26-27-28-29-30-31-32-33-35-37-39-41-43-47(53)45-50(55)51-48(46-52)49(54)44-42-40-38-36-34-16-14-12-10-8-6-4-2/h23-24,34,36,42,44,47-49,52-54H,3-22,25-33,35,37-41,43,45-46H2,1-2H3,(H,51,55)/b24-23-,36-34+,44-42+. The summed E-state index contributed by atoms with van der Waals surface area (Å²) < 4.78 is 0. The normalized spacial score (nSPS) is 13.8. The van der Waals surface area contributed by atoms with Crippen molar-refractivity contribution in [2.24, 2.45) is 0 Å². The molecule has 0 aromatic carbocycles. The minimum atomic E-state index is -0.950. The lowest BCUT2D eigenvalue weighted by Gasteiger charge is -2.21. The van der Waals surface area contributed by atoms with Crippen molar-refractivity contribution in [2.75, 3.05) is 6.61 Å². The van der Waals surface area contributed by atoms with Crippen LogP contribution in [0.3, 0.4) is 0 Å². The van der Waals surface area contributed by atoms with E-state index in [0.717, 1.165) is 32.1 Å². The molecule has 55 heavy (non-hydrogen) atoms. The molecular formula is C50H95NO4. The first-order chi connectivity index (χ1) is 27.0. The first kappa shape index (κ1) is 53.6. The summed E-state index contributed by atoms with van der Waals surface area (Å²) in [5.41, 5.74) is 0. The summed E-state index contributed by atoms with van der Waals surface area (Å²) in [5.74, 6) is -0.325. The van der Waals surface area contributed by atoms with Crippen LogP contribution in [0.25, 0.3) is 0 Å². The number of hydrogen-bond acceptors (Lipinski definition) is 4. The molecule has 0 spiro atoms. The number of carbonyl (C=O) groups is 1. The Hall–Kier alpha value is -1.43. The zero-order valence-corrected chi connectivity index (χ0v) is 36.8. The van der Waals surface area contributed by atoms with Gasteiger partial charge in [0.2, 0.25) is 5.91 Å². The van der Waals surface area contributed by atoms with Gasteiger partial charge in [0.05, 0.1) is 31.3 Å². The van der Waals surface area contributed by atoms with E-state index < -0.39 is 18.2 Å². The number of rotatable bonds is 44. The minimum Gasteiger partial charge on any atom is -0.394 e. The number of allylic oxidation sites excluding steroid dienone is 5. The Morgan fingerprint density at radius 3 is 1.16 bits per heavy atom. The molecule has 0 saturated heterocycles. The van der Waals surface area contributed by atoms with Crippen molar-refractivity contribution in [1.29, 1.82) is 0 Å². The Morgan fingerprint density at radius 1 is 0.455 bits per heavy atom. The van der Waals surface area contributed by atoms with Crippen LogP contribution in [0, 0.1) is 0 Å². The van der Waals surface area contributed by atoms with Gasteiger partial charge in [0.15, 0.2) is 0 Å². The number of hydrogen-bond donors (Lipinski definition) is 4. The van der Waals surface area contributed by atoms with Gasteiger partial charge in [-0.1, -0.05) is 224 Å². The van der Waals surface area contributed by atoms with Crippen LogP contribution in [-0.4, -0.2) is 46.1 Å². The molecule has 5 nitrogen and oxygen atoms in total. The smallest absolute Gasteiger partial charge is 0.222 e. The molecule has 0 aliphatic heterocycles. The second kappa shape index (κ2) is 45.3. The van der Waals surface area contributed by atoms with Crippen LogP contribution in [0.15, 0.2) is 36.5 Å². The maximum atomic E-state index is 12.4. The second-order valence-electron chi connectivity index (χ2n) is 16.7. The molecule has 0 aliphatic rings. The quantitative estimate of drug-likeness (QED) is 0.0367. The molecule has 0 aromatic rings. The Balaban J connectivity index is 3.56. The van der Waals surface area contributed by atoms with E-state index in [0.29, 0.717) is 6.42 Å². The average molecular weight is 774 g/mol. The fourth-order valence-corrected chi connectivity index (χ4v) is 7.41. The summed E-state index contributed by atoms with van der Waals surface area (Å²) in [7, 11) is 0. The fraction of sp³-hybridized carbons (Fsp3) is 0.860. The van der Waals surface area contributed by atoms with Crippen LogP contribution in [0.1, 0.15) is 251 Å². The second-order valence-corrected chi connectivity index (χ2v) is 16.7. The van der Waals surface area contributed by atoms with E-state index in [2.05, 4.69) is 43.5 Å². The summed E-state index contributed by atoms with van der Waals surface area (Å²) >= 11 is 0. The lowest BCUT2D eigenvalue weighted by Crippen LogP contribution is -2.45. The highest BCUT2D eigenvalue weighted by molar-refractivity contribution is 5.76. The highest BCUT2D eigenvalue weighted by Crippen LogP contribution is 2.16. The van der Waals surface area contributed by atoms with Gasteiger partial charge >= 0.3 is 0 Å². The molecule has 0 fully saturated rings. The summed E-state index contributed by atoms with van der Waals surface area (Å²) in [6, 6.07) is -0.759. The van der Waals surface area contributed by atoms with Gasteiger partial charge < -0.3 is 20.6 Å². The zero-order chi connectivity index (χ0) is 40.1. The molecule has 3 unspecified atom stereocenters. The number of aliphatic hydroxyl groups excluding tert-OH is 3. The van der Waals surface area contributed by atoms with Crippen LogP contribution in [0.4, 0.5) is 0 Å². The number of aliphatic hydroxyl groups is 3. The Kier molecular flexibility index (Phi) is 44.1. The van der Waals surface area contributed by atoms with Gasteiger partial charge in [-0.05, 0) is 57.8 Å². The third-order valence-electron chi connectivity index (χ3n) is 11.1. The summed E-state index contributed by atoms with van der Waals surface area (Å²) in [4.78, 5) is 12.4. The molecule has 0 aromatic heterocycles. The van der Waals surface area contributed by atoms with Crippen molar-refractivity contribution < 1.29 is 20.1 Å². The monoisotopic (exact) mass is 774 g/mol. The molecule has 0 heterocycles. The minimum absolute atomic E-state index is 0.00649. The van der Waals surface area contributed by atoms with E-state index in [1.165, 1.54) is 193 Å². The summed E-state index contributed by atoms with van der Waals surface area (Å²) in [6.45, 7) is 4.19. The molecule has 0 bridgehead atoms. The van der Waals surface area contributed by atoms with Crippen molar-refractivity contribution in [3.8, 4) is 0 Å². The van der Waals surface area contributed by atoms with Crippen molar-refractivity contribution >= 4 is 5.91 Å². The molecule has 0 saturated carbocycles. The van der Waals surface area contributed by atoms with E-state index in [9.17, 15) is 20.1 Å². The van der Waals surface area contributed by atoms with Gasteiger partial charge in [-0.15, -0.1) is 0 Å². The largest absolute Gasteiger partial charge is 0.394 e. The van der Waals surface area contributed by atoms with Crippen LogP contribution >= 0.6 is 0 Å². The molecule has 0 radical (unpaired) electrons. The van der Waals surface area contributed by atoms with Crippen LogP contribution in [0.2, 0.25) is 0 Å². The topological polar surface area (TPSA) is 89.8 Å².